The fourth-order valence-corrected chi connectivity index (χ4v) is 1.69. The van der Waals surface area contributed by atoms with Crippen molar-refractivity contribution >= 4 is 15.9 Å². The van der Waals surface area contributed by atoms with Gasteiger partial charge in [-0.15, -0.1) is 13.2 Å². The summed E-state index contributed by atoms with van der Waals surface area (Å²) in [6.07, 6.45) is -4.93. The molecule has 1 aliphatic rings. The Labute approximate surface area is 104 Å². The normalized spacial score (nSPS) is 18.9. The number of benzene rings is 1. The maximum atomic E-state index is 12.0. The molecule has 1 heterocycles. The van der Waals surface area contributed by atoms with Crippen LogP contribution in [0.1, 0.15) is 0 Å². The predicted octanol–water partition coefficient (Wildman–Crippen LogP) is 3.12. The molecule has 0 spiro atoms. The molecule has 1 atom stereocenters. The van der Waals surface area contributed by atoms with E-state index in [0.717, 1.165) is 6.07 Å². The summed E-state index contributed by atoms with van der Waals surface area (Å²) < 4.78 is 50.6. The average molecular weight is 313 g/mol. The summed E-state index contributed by atoms with van der Waals surface area (Å²) in [5.41, 5.74) is 0. The first-order valence-electron chi connectivity index (χ1n) is 4.73. The van der Waals surface area contributed by atoms with Gasteiger partial charge >= 0.3 is 6.36 Å². The van der Waals surface area contributed by atoms with Crippen molar-refractivity contribution in [2.45, 2.75) is 12.5 Å². The molecular weight excluding hydrogens is 305 g/mol. The van der Waals surface area contributed by atoms with E-state index in [-0.39, 0.29) is 17.6 Å². The molecule has 17 heavy (non-hydrogen) atoms. The molecule has 2 rings (SSSR count). The third-order valence-corrected chi connectivity index (χ3v) is 2.76. The van der Waals surface area contributed by atoms with Gasteiger partial charge in [-0.05, 0) is 12.1 Å². The molecule has 1 aromatic rings. The summed E-state index contributed by atoms with van der Waals surface area (Å²) in [6, 6.07) is 3.74. The lowest BCUT2D eigenvalue weighted by Gasteiger charge is -2.25. The third kappa shape index (κ3) is 3.18. The molecule has 0 saturated carbocycles. The summed E-state index contributed by atoms with van der Waals surface area (Å²) >= 11 is 3.21. The Morgan fingerprint density at radius 1 is 1.35 bits per heavy atom. The molecule has 1 aromatic carbocycles. The van der Waals surface area contributed by atoms with Crippen LogP contribution in [0.5, 0.6) is 17.2 Å². The number of rotatable bonds is 2. The Kier molecular flexibility index (Phi) is 3.37. The predicted molar refractivity (Wildman–Crippen MR) is 56.8 cm³/mol. The van der Waals surface area contributed by atoms with Crippen LogP contribution in [0.25, 0.3) is 0 Å². The van der Waals surface area contributed by atoms with Gasteiger partial charge in [0.1, 0.15) is 18.5 Å². The molecule has 0 saturated heterocycles. The Bertz CT molecular complexity index is 408. The van der Waals surface area contributed by atoms with Gasteiger partial charge < -0.3 is 14.2 Å². The van der Waals surface area contributed by atoms with Crippen LogP contribution < -0.4 is 14.2 Å². The van der Waals surface area contributed by atoms with Crippen molar-refractivity contribution in [3.63, 3.8) is 0 Å². The number of halogens is 4. The van der Waals surface area contributed by atoms with Crippen molar-refractivity contribution in [3.05, 3.63) is 18.2 Å². The molecule has 0 radical (unpaired) electrons. The highest BCUT2D eigenvalue weighted by Gasteiger charge is 2.32. The van der Waals surface area contributed by atoms with Crippen LogP contribution in [0.3, 0.4) is 0 Å². The minimum Gasteiger partial charge on any atom is -0.486 e. The summed E-state index contributed by atoms with van der Waals surface area (Å²) in [6.45, 7) is 0.359. The summed E-state index contributed by atoms with van der Waals surface area (Å²) in [4.78, 5) is 0. The Morgan fingerprint density at radius 3 is 2.76 bits per heavy atom. The highest BCUT2D eigenvalue weighted by atomic mass is 79.9. The minimum atomic E-state index is -4.71. The molecule has 7 heteroatoms. The maximum Gasteiger partial charge on any atom is 0.573 e. The molecule has 0 amide bonds. The smallest absolute Gasteiger partial charge is 0.486 e. The van der Waals surface area contributed by atoms with Gasteiger partial charge in [-0.25, -0.2) is 0 Å². The molecule has 1 aliphatic heterocycles. The van der Waals surface area contributed by atoms with Crippen LogP contribution in [0.2, 0.25) is 0 Å². The Hall–Kier alpha value is -1.11. The van der Waals surface area contributed by atoms with E-state index in [4.69, 9.17) is 9.47 Å². The second-order valence-electron chi connectivity index (χ2n) is 3.36. The quantitative estimate of drug-likeness (QED) is 0.785. The largest absolute Gasteiger partial charge is 0.573 e. The lowest BCUT2D eigenvalue weighted by Crippen LogP contribution is -2.30. The molecule has 0 bridgehead atoms. The number of hydrogen-bond donors (Lipinski definition) is 0. The second-order valence-corrected chi connectivity index (χ2v) is 4.01. The zero-order chi connectivity index (χ0) is 12.5. The van der Waals surface area contributed by atoms with E-state index in [1.54, 1.807) is 0 Å². The SMILES string of the molecule is FC(F)(F)Oc1ccc2c(c1)O[C@@H](CBr)CO2. The lowest BCUT2D eigenvalue weighted by atomic mass is 10.2. The maximum absolute atomic E-state index is 12.0. The zero-order valence-electron chi connectivity index (χ0n) is 8.46. The molecule has 0 aliphatic carbocycles. The van der Waals surface area contributed by atoms with E-state index < -0.39 is 6.36 Å². The van der Waals surface area contributed by atoms with Crippen LogP contribution in [0.15, 0.2) is 18.2 Å². The molecule has 0 unspecified atom stereocenters. The van der Waals surface area contributed by atoms with Crippen molar-refractivity contribution in [2.24, 2.45) is 0 Å². The summed E-state index contributed by atoms with van der Waals surface area (Å²) in [5, 5.41) is 0.538. The second kappa shape index (κ2) is 4.64. The average Bonchev–Trinajstić information content (AvgIpc) is 2.26. The van der Waals surface area contributed by atoms with Crippen molar-refractivity contribution in [3.8, 4) is 17.2 Å². The van der Waals surface area contributed by atoms with Crippen molar-refractivity contribution in [1.29, 1.82) is 0 Å². The molecule has 0 fully saturated rings. The van der Waals surface area contributed by atoms with Crippen LogP contribution >= 0.6 is 15.9 Å². The minimum absolute atomic E-state index is 0.219. The first-order valence-corrected chi connectivity index (χ1v) is 5.85. The van der Waals surface area contributed by atoms with E-state index in [0.29, 0.717) is 17.7 Å². The van der Waals surface area contributed by atoms with Crippen molar-refractivity contribution in [2.75, 3.05) is 11.9 Å². The Morgan fingerprint density at radius 2 is 2.12 bits per heavy atom. The van der Waals surface area contributed by atoms with Crippen molar-refractivity contribution in [1.82, 2.24) is 0 Å². The number of fused-ring (bicyclic) bond motifs is 1. The monoisotopic (exact) mass is 312 g/mol. The number of hydrogen-bond acceptors (Lipinski definition) is 3. The van der Waals surface area contributed by atoms with Gasteiger partial charge in [-0.1, -0.05) is 15.9 Å². The van der Waals surface area contributed by atoms with Gasteiger partial charge in [0.25, 0.3) is 0 Å². The van der Waals surface area contributed by atoms with Crippen LogP contribution in [-0.4, -0.2) is 24.4 Å². The van der Waals surface area contributed by atoms with Gasteiger partial charge in [0.15, 0.2) is 11.5 Å². The lowest BCUT2D eigenvalue weighted by molar-refractivity contribution is -0.274. The van der Waals surface area contributed by atoms with Gasteiger partial charge in [0.05, 0.1) is 0 Å². The van der Waals surface area contributed by atoms with Crippen LogP contribution in [0, 0.1) is 0 Å². The first kappa shape index (κ1) is 12.3. The fraction of sp³-hybridized carbons (Fsp3) is 0.400. The molecule has 0 aromatic heterocycles. The van der Waals surface area contributed by atoms with Gasteiger partial charge in [-0.3, -0.25) is 0 Å². The van der Waals surface area contributed by atoms with E-state index in [1.165, 1.54) is 12.1 Å². The molecule has 3 nitrogen and oxygen atoms in total. The summed E-state index contributed by atoms with van der Waals surface area (Å²) in [7, 11) is 0. The fourth-order valence-electron chi connectivity index (χ4n) is 1.37. The highest BCUT2D eigenvalue weighted by molar-refractivity contribution is 9.09. The topological polar surface area (TPSA) is 27.7 Å². The number of ether oxygens (including phenoxy) is 3. The highest BCUT2D eigenvalue weighted by Crippen LogP contribution is 2.36. The van der Waals surface area contributed by atoms with E-state index in [2.05, 4.69) is 20.7 Å². The third-order valence-electron chi connectivity index (χ3n) is 2.04. The van der Waals surface area contributed by atoms with Gasteiger partial charge in [-0.2, -0.15) is 0 Å². The Balaban J connectivity index is 2.18. The van der Waals surface area contributed by atoms with Crippen LogP contribution in [0.4, 0.5) is 13.2 Å². The van der Waals surface area contributed by atoms with Crippen molar-refractivity contribution < 1.29 is 27.4 Å². The van der Waals surface area contributed by atoms with E-state index in [9.17, 15) is 13.2 Å². The first-order chi connectivity index (χ1) is 7.98. The van der Waals surface area contributed by atoms with Crippen LogP contribution in [-0.2, 0) is 0 Å². The number of alkyl halides is 4. The van der Waals surface area contributed by atoms with E-state index >= 15 is 0 Å². The molecule has 0 N–H and O–H groups in total. The van der Waals surface area contributed by atoms with E-state index in [1.807, 2.05) is 0 Å². The zero-order valence-corrected chi connectivity index (χ0v) is 10.0. The molecule has 94 valence electrons. The summed E-state index contributed by atoms with van der Waals surface area (Å²) in [5.74, 6) is 0.342. The standard InChI is InChI=1S/C10H8BrF3O3/c11-4-7-5-15-8-2-1-6(3-9(8)16-7)17-10(12,13)14/h1-3,7H,4-5H2/t7-/m0/s1. The molecular formula is C10H8BrF3O3. The van der Waals surface area contributed by atoms with Gasteiger partial charge in [0.2, 0.25) is 0 Å². The van der Waals surface area contributed by atoms with Gasteiger partial charge in [0, 0.05) is 11.4 Å².